The molecule has 1 aromatic carbocycles. The fourth-order valence-electron chi connectivity index (χ4n) is 3.14. The smallest absolute Gasteiger partial charge is 0.227 e. The average molecular weight is 315 g/mol. The fraction of sp³-hybridized carbons (Fsp3) is 0.389. The number of carbonyl (C=O) groups excluding carboxylic acids is 1. The number of anilines is 1. The van der Waals surface area contributed by atoms with Crippen molar-refractivity contribution < 1.29 is 9.18 Å². The van der Waals surface area contributed by atoms with Crippen LogP contribution in [0.4, 0.5) is 10.1 Å². The lowest BCUT2D eigenvalue weighted by atomic mass is 10.1. The monoisotopic (exact) mass is 315 g/mol. The van der Waals surface area contributed by atoms with Gasteiger partial charge in [0.05, 0.1) is 12.1 Å². The standard InChI is InChI=1S/C18H22FN3O/c1-13-11-15(14(2)20-13)12-18(23)22-9-7-21(8-10-22)17-6-4-3-5-16(17)19/h3-6,11,20H,7-10,12H2,1-2H3. The number of hydrogen-bond acceptors (Lipinski definition) is 2. The Bertz CT molecular complexity index is 702. The van der Waals surface area contributed by atoms with Crippen LogP contribution < -0.4 is 4.90 Å². The number of aromatic nitrogens is 1. The van der Waals surface area contributed by atoms with E-state index < -0.39 is 0 Å². The number of halogens is 1. The zero-order chi connectivity index (χ0) is 16.4. The minimum absolute atomic E-state index is 0.139. The molecule has 0 aliphatic carbocycles. The van der Waals surface area contributed by atoms with E-state index in [4.69, 9.17) is 0 Å². The van der Waals surface area contributed by atoms with Crippen molar-refractivity contribution in [3.05, 3.63) is 53.1 Å². The Kier molecular flexibility index (Phi) is 4.37. The molecule has 2 heterocycles. The zero-order valence-corrected chi connectivity index (χ0v) is 13.6. The highest BCUT2D eigenvalue weighted by molar-refractivity contribution is 5.79. The van der Waals surface area contributed by atoms with Crippen LogP contribution >= 0.6 is 0 Å². The van der Waals surface area contributed by atoms with E-state index in [1.807, 2.05) is 35.8 Å². The van der Waals surface area contributed by atoms with Crippen LogP contribution in [-0.2, 0) is 11.2 Å². The molecule has 3 rings (SSSR count). The maximum absolute atomic E-state index is 13.8. The van der Waals surface area contributed by atoms with Crippen LogP contribution in [0.25, 0.3) is 0 Å². The number of piperazine rings is 1. The molecule has 0 atom stereocenters. The second kappa shape index (κ2) is 6.44. The van der Waals surface area contributed by atoms with Crippen molar-refractivity contribution in [2.45, 2.75) is 20.3 Å². The van der Waals surface area contributed by atoms with Crippen molar-refractivity contribution >= 4 is 11.6 Å². The number of nitrogens with one attached hydrogen (secondary N) is 1. The molecule has 4 nitrogen and oxygen atoms in total. The number of aromatic amines is 1. The topological polar surface area (TPSA) is 39.3 Å². The number of H-pyrrole nitrogens is 1. The molecule has 5 heteroatoms. The van der Waals surface area contributed by atoms with Gasteiger partial charge in [0.2, 0.25) is 5.91 Å². The fourth-order valence-corrected chi connectivity index (χ4v) is 3.14. The lowest BCUT2D eigenvalue weighted by Crippen LogP contribution is -2.49. The van der Waals surface area contributed by atoms with Crippen LogP contribution in [0.2, 0.25) is 0 Å². The third-order valence-electron chi connectivity index (χ3n) is 4.42. The van der Waals surface area contributed by atoms with Gasteiger partial charge in [-0.15, -0.1) is 0 Å². The first-order valence-electron chi connectivity index (χ1n) is 7.97. The van der Waals surface area contributed by atoms with E-state index in [1.165, 1.54) is 6.07 Å². The largest absolute Gasteiger partial charge is 0.366 e. The van der Waals surface area contributed by atoms with Crippen LogP contribution in [0.3, 0.4) is 0 Å². The summed E-state index contributed by atoms with van der Waals surface area (Å²) >= 11 is 0. The van der Waals surface area contributed by atoms with Gasteiger partial charge in [-0.1, -0.05) is 12.1 Å². The zero-order valence-electron chi connectivity index (χ0n) is 13.6. The number of carbonyl (C=O) groups is 1. The van der Waals surface area contributed by atoms with E-state index in [0.717, 1.165) is 17.0 Å². The van der Waals surface area contributed by atoms with Gasteiger partial charge in [0.1, 0.15) is 5.82 Å². The van der Waals surface area contributed by atoms with Gasteiger partial charge in [-0.25, -0.2) is 4.39 Å². The molecule has 1 amide bonds. The molecular formula is C18H22FN3O. The van der Waals surface area contributed by atoms with Crippen LogP contribution in [0.15, 0.2) is 30.3 Å². The van der Waals surface area contributed by atoms with Crippen molar-refractivity contribution in [2.75, 3.05) is 31.1 Å². The van der Waals surface area contributed by atoms with Gasteiger partial charge in [0.25, 0.3) is 0 Å². The maximum Gasteiger partial charge on any atom is 0.227 e. The molecule has 1 fully saturated rings. The summed E-state index contributed by atoms with van der Waals surface area (Å²) in [5.41, 5.74) is 3.82. The lowest BCUT2D eigenvalue weighted by Gasteiger charge is -2.36. The van der Waals surface area contributed by atoms with Gasteiger partial charge in [-0.05, 0) is 37.6 Å². The number of benzene rings is 1. The van der Waals surface area contributed by atoms with Crippen LogP contribution in [-0.4, -0.2) is 42.0 Å². The number of aryl methyl sites for hydroxylation is 2. The van der Waals surface area contributed by atoms with Crippen molar-refractivity contribution in [1.29, 1.82) is 0 Å². The van der Waals surface area contributed by atoms with Crippen molar-refractivity contribution in [1.82, 2.24) is 9.88 Å². The minimum atomic E-state index is -0.203. The van der Waals surface area contributed by atoms with Crippen molar-refractivity contribution in [3.8, 4) is 0 Å². The van der Waals surface area contributed by atoms with E-state index >= 15 is 0 Å². The summed E-state index contributed by atoms with van der Waals surface area (Å²) in [7, 11) is 0. The van der Waals surface area contributed by atoms with E-state index in [-0.39, 0.29) is 11.7 Å². The molecule has 0 saturated carbocycles. The third kappa shape index (κ3) is 3.38. The molecule has 0 spiro atoms. The average Bonchev–Trinajstić information content (AvgIpc) is 2.85. The molecular weight excluding hydrogens is 293 g/mol. The molecule has 0 bridgehead atoms. The summed E-state index contributed by atoms with van der Waals surface area (Å²) < 4.78 is 13.8. The van der Waals surface area contributed by atoms with Crippen molar-refractivity contribution in [3.63, 3.8) is 0 Å². The predicted octanol–water partition coefficient (Wildman–Crippen LogP) is 2.66. The predicted molar refractivity (Wildman–Crippen MR) is 89.2 cm³/mol. The minimum Gasteiger partial charge on any atom is -0.366 e. The second-order valence-corrected chi connectivity index (χ2v) is 6.10. The van der Waals surface area contributed by atoms with Crippen LogP contribution in [0.5, 0.6) is 0 Å². The van der Waals surface area contributed by atoms with E-state index in [1.54, 1.807) is 12.1 Å². The molecule has 0 unspecified atom stereocenters. The van der Waals surface area contributed by atoms with Gasteiger partial charge in [-0.3, -0.25) is 4.79 Å². The highest BCUT2D eigenvalue weighted by Crippen LogP contribution is 2.20. The number of amides is 1. The summed E-state index contributed by atoms with van der Waals surface area (Å²) in [6.07, 6.45) is 0.426. The summed E-state index contributed by atoms with van der Waals surface area (Å²) in [4.78, 5) is 19.6. The van der Waals surface area contributed by atoms with Crippen LogP contribution in [0, 0.1) is 19.7 Å². The van der Waals surface area contributed by atoms with Crippen LogP contribution in [0.1, 0.15) is 17.0 Å². The highest BCUT2D eigenvalue weighted by Gasteiger charge is 2.23. The Balaban J connectivity index is 1.59. The SMILES string of the molecule is Cc1cc(CC(=O)N2CCN(c3ccccc3F)CC2)c(C)[nH]1. The van der Waals surface area contributed by atoms with E-state index in [2.05, 4.69) is 4.98 Å². The molecule has 1 aromatic heterocycles. The Hall–Kier alpha value is -2.30. The number of para-hydroxylation sites is 1. The van der Waals surface area contributed by atoms with Crippen molar-refractivity contribution in [2.24, 2.45) is 0 Å². The maximum atomic E-state index is 13.8. The first kappa shape index (κ1) is 15.6. The quantitative estimate of drug-likeness (QED) is 0.946. The van der Waals surface area contributed by atoms with E-state index in [0.29, 0.717) is 38.3 Å². The highest BCUT2D eigenvalue weighted by atomic mass is 19.1. The second-order valence-electron chi connectivity index (χ2n) is 6.10. The summed E-state index contributed by atoms with van der Waals surface area (Å²) in [6, 6.07) is 8.83. The Morgan fingerprint density at radius 3 is 2.48 bits per heavy atom. The molecule has 0 radical (unpaired) electrons. The molecule has 1 aliphatic heterocycles. The number of hydrogen-bond donors (Lipinski definition) is 1. The molecule has 1 saturated heterocycles. The van der Waals surface area contributed by atoms with E-state index in [9.17, 15) is 9.18 Å². The van der Waals surface area contributed by atoms with Gasteiger partial charge >= 0.3 is 0 Å². The normalized spacial score (nSPS) is 15.1. The number of nitrogens with zero attached hydrogens (tertiary/aromatic N) is 2. The molecule has 1 N–H and O–H groups in total. The summed E-state index contributed by atoms with van der Waals surface area (Å²) in [5.74, 6) is -0.0639. The molecule has 2 aromatic rings. The summed E-state index contributed by atoms with van der Waals surface area (Å²) in [5, 5.41) is 0. The first-order chi connectivity index (χ1) is 11.0. The summed E-state index contributed by atoms with van der Waals surface area (Å²) in [6.45, 7) is 6.58. The van der Waals surface area contributed by atoms with Gasteiger partial charge < -0.3 is 14.8 Å². The lowest BCUT2D eigenvalue weighted by molar-refractivity contribution is -0.130. The van der Waals surface area contributed by atoms with Gasteiger partial charge in [0, 0.05) is 37.6 Å². The van der Waals surface area contributed by atoms with Gasteiger partial charge in [0.15, 0.2) is 0 Å². The Morgan fingerprint density at radius 2 is 1.87 bits per heavy atom. The van der Waals surface area contributed by atoms with Gasteiger partial charge in [-0.2, -0.15) is 0 Å². The molecule has 23 heavy (non-hydrogen) atoms. The first-order valence-corrected chi connectivity index (χ1v) is 7.97. The Morgan fingerprint density at radius 1 is 1.17 bits per heavy atom. The number of rotatable bonds is 3. The molecule has 1 aliphatic rings. The molecule has 122 valence electrons. The Labute approximate surface area is 135 Å². The third-order valence-corrected chi connectivity index (χ3v) is 4.42.